The van der Waals surface area contributed by atoms with Crippen molar-refractivity contribution in [2.24, 2.45) is 7.05 Å². The Labute approximate surface area is 140 Å². The summed E-state index contributed by atoms with van der Waals surface area (Å²) in [6.07, 6.45) is -2.01. The maximum Gasteiger partial charge on any atom is 0.433 e. The third-order valence-corrected chi connectivity index (χ3v) is 3.47. The van der Waals surface area contributed by atoms with Crippen molar-refractivity contribution in [3.8, 4) is 11.5 Å². The van der Waals surface area contributed by atoms with Crippen molar-refractivity contribution < 1.29 is 22.4 Å². The molecule has 0 atom stereocenters. The molecule has 0 aromatic carbocycles. The number of rotatable bonds is 4. The quantitative estimate of drug-likeness (QED) is 0.785. The van der Waals surface area contributed by atoms with Crippen LogP contribution in [-0.4, -0.2) is 20.7 Å². The van der Waals surface area contributed by atoms with Crippen LogP contribution < -0.4 is 5.32 Å². The Bertz CT molecular complexity index is 881. The minimum atomic E-state index is -4.54. The number of carbonyl (C=O) groups is 1. The first-order valence-corrected chi connectivity index (χ1v) is 7.23. The van der Waals surface area contributed by atoms with Crippen molar-refractivity contribution in [1.82, 2.24) is 20.1 Å². The van der Waals surface area contributed by atoms with E-state index >= 15 is 0 Å². The van der Waals surface area contributed by atoms with Gasteiger partial charge in [0.1, 0.15) is 17.1 Å². The number of aryl methyl sites for hydroxylation is 1. The van der Waals surface area contributed by atoms with Gasteiger partial charge >= 0.3 is 6.18 Å². The third-order valence-electron chi connectivity index (χ3n) is 3.47. The summed E-state index contributed by atoms with van der Waals surface area (Å²) in [5.41, 5.74) is -0.230. The van der Waals surface area contributed by atoms with E-state index in [-0.39, 0.29) is 12.1 Å². The lowest BCUT2D eigenvalue weighted by atomic mass is 10.2. The number of hydrogen-bond donors (Lipinski definition) is 1. The van der Waals surface area contributed by atoms with E-state index in [1.165, 1.54) is 0 Å². The molecular formula is C16H13F3N4O2. The highest BCUT2D eigenvalue weighted by Gasteiger charge is 2.32. The summed E-state index contributed by atoms with van der Waals surface area (Å²) < 4.78 is 44.6. The van der Waals surface area contributed by atoms with Gasteiger partial charge in [0, 0.05) is 19.4 Å². The van der Waals surface area contributed by atoms with Crippen LogP contribution in [0.1, 0.15) is 21.8 Å². The first-order chi connectivity index (χ1) is 11.8. The second-order valence-corrected chi connectivity index (χ2v) is 5.22. The number of hydrogen-bond acceptors (Lipinski definition) is 4. The smallest absolute Gasteiger partial charge is 0.433 e. The van der Waals surface area contributed by atoms with Gasteiger partial charge in [0.15, 0.2) is 5.76 Å². The summed E-state index contributed by atoms with van der Waals surface area (Å²) in [7, 11) is 1.77. The summed E-state index contributed by atoms with van der Waals surface area (Å²) in [6.45, 7) is 0.0949. The van der Waals surface area contributed by atoms with Crippen LogP contribution in [0.4, 0.5) is 13.2 Å². The molecule has 9 heteroatoms. The molecular weight excluding hydrogens is 337 g/mol. The third kappa shape index (κ3) is 3.70. The van der Waals surface area contributed by atoms with Crippen molar-refractivity contribution >= 4 is 5.91 Å². The van der Waals surface area contributed by atoms with Gasteiger partial charge in [0.2, 0.25) is 0 Å². The standard InChI is InChI=1S/C16H13F3N4O2/c1-23-12(6-7-22-23)13-4-3-11(25-13)9-21-15(24)10-2-5-14(20-8-10)16(17,18)19/h2-8H,9H2,1H3,(H,21,24). The summed E-state index contributed by atoms with van der Waals surface area (Å²) in [5.74, 6) is 0.560. The van der Waals surface area contributed by atoms with Crippen molar-refractivity contribution in [3.05, 3.63) is 59.7 Å². The number of aromatic nitrogens is 3. The van der Waals surface area contributed by atoms with Gasteiger partial charge in [-0.1, -0.05) is 0 Å². The van der Waals surface area contributed by atoms with Crippen LogP contribution in [0.2, 0.25) is 0 Å². The molecule has 0 aliphatic carbocycles. The predicted octanol–water partition coefficient (Wildman–Crippen LogP) is 3.02. The molecule has 25 heavy (non-hydrogen) atoms. The van der Waals surface area contributed by atoms with Gasteiger partial charge in [-0.25, -0.2) is 0 Å². The van der Waals surface area contributed by atoms with E-state index in [0.29, 0.717) is 11.5 Å². The number of carbonyl (C=O) groups excluding carboxylic acids is 1. The molecule has 0 unspecified atom stereocenters. The van der Waals surface area contributed by atoms with E-state index in [1.807, 2.05) is 0 Å². The van der Waals surface area contributed by atoms with E-state index in [4.69, 9.17) is 4.42 Å². The zero-order chi connectivity index (χ0) is 18.0. The van der Waals surface area contributed by atoms with Gasteiger partial charge in [0.05, 0.1) is 12.1 Å². The summed E-state index contributed by atoms with van der Waals surface area (Å²) >= 11 is 0. The number of halogens is 3. The predicted molar refractivity (Wildman–Crippen MR) is 81.3 cm³/mol. The first kappa shape index (κ1) is 16.7. The van der Waals surface area contributed by atoms with Gasteiger partial charge in [-0.3, -0.25) is 14.5 Å². The first-order valence-electron chi connectivity index (χ1n) is 7.23. The maximum absolute atomic E-state index is 12.5. The Morgan fingerprint density at radius 2 is 2.04 bits per heavy atom. The molecule has 0 saturated carbocycles. The van der Waals surface area contributed by atoms with E-state index in [0.717, 1.165) is 24.0 Å². The fraction of sp³-hybridized carbons (Fsp3) is 0.188. The van der Waals surface area contributed by atoms with Gasteiger partial charge in [-0.15, -0.1) is 0 Å². The molecule has 130 valence electrons. The molecule has 3 heterocycles. The van der Waals surface area contributed by atoms with Gasteiger partial charge in [-0.2, -0.15) is 18.3 Å². The molecule has 6 nitrogen and oxygen atoms in total. The maximum atomic E-state index is 12.5. The molecule has 0 aliphatic heterocycles. The van der Waals surface area contributed by atoms with Crippen LogP contribution in [-0.2, 0) is 19.8 Å². The van der Waals surface area contributed by atoms with Crippen molar-refractivity contribution in [1.29, 1.82) is 0 Å². The molecule has 3 aromatic heterocycles. The second kappa shape index (κ2) is 6.42. The van der Waals surface area contributed by atoms with E-state index < -0.39 is 17.8 Å². The van der Waals surface area contributed by atoms with Crippen LogP contribution in [0, 0.1) is 0 Å². The van der Waals surface area contributed by atoms with E-state index in [2.05, 4.69) is 15.4 Å². The minimum absolute atomic E-state index is 0.0337. The molecule has 3 rings (SSSR count). The Kier molecular flexibility index (Phi) is 4.30. The summed E-state index contributed by atoms with van der Waals surface area (Å²) in [6, 6.07) is 7.08. The SMILES string of the molecule is Cn1nccc1-c1ccc(CNC(=O)c2ccc(C(F)(F)F)nc2)o1. The Morgan fingerprint density at radius 1 is 1.24 bits per heavy atom. The van der Waals surface area contributed by atoms with Crippen LogP contribution in [0.3, 0.4) is 0 Å². The monoisotopic (exact) mass is 350 g/mol. The lowest BCUT2D eigenvalue weighted by Gasteiger charge is -2.07. The number of amides is 1. The van der Waals surface area contributed by atoms with Crippen molar-refractivity contribution in [3.63, 3.8) is 0 Å². The molecule has 0 spiro atoms. The number of nitrogens with one attached hydrogen (secondary N) is 1. The topological polar surface area (TPSA) is 73.0 Å². The Hall–Kier alpha value is -3.10. The number of pyridine rings is 1. The highest BCUT2D eigenvalue weighted by Crippen LogP contribution is 2.27. The molecule has 0 saturated heterocycles. The molecule has 0 radical (unpaired) electrons. The average molecular weight is 350 g/mol. The van der Waals surface area contributed by atoms with Crippen LogP contribution in [0.15, 0.2) is 47.1 Å². The normalized spacial score (nSPS) is 11.5. The lowest BCUT2D eigenvalue weighted by Crippen LogP contribution is -2.23. The highest BCUT2D eigenvalue weighted by atomic mass is 19.4. The Morgan fingerprint density at radius 3 is 2.64 bits per heavy atom. The molecule has 0 bridgehead atoms. The molecule has 0 fully saturated rings. The molecule has 1 N–H and O–H groups in total. The van der Waals surface area contributed by atoms with E-state index in [1.54, 1.807) is 36.1 Å². The zero-order valence-electron chi connectivity index (χ0n) is 13.0. The molecule has 1 amide bonds. The Balaban J connectivity index is 1.63. The van der Waals surface area contributed by atoms with Gasteiger partial charge < -0.3 is 9.73 Å². The highest BCUT2D eigenvalue weighted by molar-refractivity contribution is 5.93. The van der Waals surface area contributed by atoms with Crippen molar-refractivity contribution in [2.45, 2.75) is 12.7 Å². The summed E-state index contributed by atoms with van der Waals surface area (Å²) in [5, 5.41) is 6.61. The number of furan rings is 1. The minimum Gasteiger partial charge on any atom is -0.458 e. The number of nitrogens with zero attached hydrogens (tertiary/aromatic N) is 3. The lowest BCUT2D eigenvalue weighted by molar-refractivity contribution is -0.141. The van der Waals surface area contributed by atoms with Crippen LogP contribution in [0.25, 0.3) is 11.5 Å². The molecule has 3 aromatic rings. The molecule has 0 aliphatic rings. The largest absolute Gasteiger partial charge is 0.458 e. The fourth-order valence-corrected chi connectivity index (χ4v) is 2.19. The number of alkyl halides is 3. The zero-order valence-corrected chi connectivity index (χ0v) is 13.0. The van der Waals surface area contributed by atoms with Gasteiger partial charge in [-0.05, 0) is 30.3 Å². The van der Waals surface area contributed by atoms with Gasteiger partial charge in [0.25, 0.3) is 5.91 Å². The van der Waals surface area contributed by atoms with E-state index in [9.17, 15) is 18.0 Å². The van der Waals surface area contributed by atoms with Crippen LogP contribution in [0.5, 0.6) is 0 Å². The van der Waals surface area contributed by atoms with Crippen LogP contribution >= 0.6 is 0 Å². The summed E-state index contributed by atoms with van der Waals surface area (Å²) in [4.78, 5) is 15.2. The van der Waals surface area contributed by atoms with Crippen molar-refractivity contribution in [2.75, 3.05) is 0 Å². The fourth-order valence-electron chi connectivity index (χ4n) is 2.19. The second-order valence-electron chi connectivity index (χ2n) is 5.22. The average Bonchev–Trinajstić information content (AvgIpc) is 3.20.